The first kappa shape index (κ1) is 12.5. The number of hydrogen-bond donors (Lipinski definition) is 1. The molecule has 15 heavy (non-hydrogen) atoms. The summed E-state index contributed by atoms with van der Waals surface area (Å²) < 4.78 is 0. The van der Waals surface area contributed by atoms with E-state index in [0.29, 0.717) is 12.6 Å². The summed E-state index contributed by atoms with van der Waals surface area (Å²) in [4.78, 5) is 16.0. The van der Waals surface area contributed by atoms with Crippen LogP contribution < -0.4 is 5.32 Å². The number of rotatable bonds is 7. The van der Waals surface area contributed by atoms with Gasteiger partial charge in [-0.05, 0) is 33.9 Å². The van der Waals surface area contributed by atoms with Gasteiger partial charge in [0.05, 0.1) is 6.54 Å². The van der Waals surface area contributed by atoms with E-state index in [0.717, 1.165) is 19.6 Å². The molecule has 1 aliphatic rings. The van der Waals surface area contributed by atoms with Crippen LogP contribution in [-0.2, 0) is 4.79 Å². The van der Waals surface area contributed by atoms with Crippen molar-refractivity contribution in [3.8, 4) is 0 Å². The van der Waals surface area contributed by atoms with Crippen LogP contribution in [0.2, 0.25) is 0 Å². The molecule has 0 atom stereocenters. The topological polar surface area (TPSA) is 35.6 Å². The van der Waals surface area contributed by atoms with Crippen molar-refractivity contribution in [3.05, 3.63) is 0 Å². The molecule has 1 rings (SSSR count). The molecule has 0 aromatic rings. The van der Waals surface area contributed by atoms with E-state index in [1.807, 2.05) is 19.0 Å². The number of nitrogens with zero attached hydrogens (tertiary/aromatic N) is 2. The SMILES string of the molecule is CCN(C(=O)CN(C)CCNC)C1CC1. The minimum atomic E-state index is 0.276. The van der Waals surface area contributed by atoms with E-state index < -0.39 is 0 Å². The predicted molar refractivity (Wildman–Crippen MR) is 61.8 cm³/mol. The predicted octanol–water partition coefficient (Wildman–Crippen LogP) is 0.149. The highest BCUT2D eigenvalue weighted by Gasteiger charge is 2.31. The molecule has 0 bridgehead atoms. The van der Waals surface area contributed by atoms with Crippen LogP contribution in [0.4, 0.5) is 0 Å². The molecular weight excluding hydrogens is 190 g/mol. The van der Waals surface area contributed by atoms with Gasteiger partial charge >= 0.3 is 0 Å². The summed E-state index contributed by atoms with van der Waals surface area (Å²) in [5.41, 5.74) is 0. The van der Waals surface area contributed by atoms with E-state index in [9.17, 15) is 4.79 Å². The zero-order valence-corrected chi connectivity index (χ0v) is 10.1. The number of carbonyl (C=O) groups excluding carboxylic acids is 1. The summed E-state index contributed by atoms with van der Waals surface area (Å²) in [5.74, 6) is 0.276. The number of likely N-dealkylation sites (N-methyl/N-ethyl adjacent to an activating group) is 3. The van der Waals surface area contributed by atoms with Gasteiger partial charge in [-0.3, -0.25) is 9.69 Å². The van der Waals surface area contributed by atoms with Gasteiger partial charge in [0, 0.05) is 25.7 Å². The zero-order chi connectivity index (χ0) is 11.3. The normalized spacial score (nSPS) is 15.7. The fraction of sp³-hybridized carbons (Fsp3) is 0.909. The molecule has 0 heterocycles. The molecule has 0 unspecified atom stereocenters. The van der Waals surface area contributed by atoms with Crippen molar-refractivity contribution in [2.45, 2.75) is 25.8 Å². The van der Waals surface area contributed by atoms with Gasteiger partial charge < -0.3 is 10.2 Å². The average Bonchev–Trinajstić information content (AvgIpc) is 3.00. The van der Waals surface area contributed by atoms with E-state index in [-0.39, 0.29) is 5.91 Å². The van der Waals surface area contributed by atoms with Crippen molar-refractivity contribution in [2.24, 2.45) is 0 Å². The van der Waals surface area contributed by atoms with Gasteiger partial charge in [0.25, 0.3) is 0 Å². The summed E-state index contributed by atoms with van der Waals surface area (Å²) >= 11 is 0. The largest absolute Gasteiger partial charge is 0.339 e. The molecule has 0 radical (unpaired) electrons. The third-order valence-corrected chi connectivity index (χ3v) is 2.80. The molecule has 1 N–H and O–H groups in total. The lowest BCUT2D eigenvalue weighted by Gasteiger charge is -2.24. The van der Waals surface area contributed by atoms with Crippen molar-refractivity contribution in [3.63, 3.8) is 0 Å². The zero-order valence-electron chi connectivity index (χ0n) is 10.1. The first-order chi connectivity index (χ1) is 7.19. The molecule has 0 aliphatic heterocycles. The molecule has 0 spiro atoms. The van der Waals surface area contributed by atoms with Gasteiger partial charge in [0.15, 0.2) is 0 Å². The molecular formula is C11H23N3O. The summed E-state index contributed by atoms with van der Waals surface area (Å²) in [6, 6.07) is 0.542. The molecule has 1 fully saturated rings. The second kappa shape index (κ2) is 6.08. The van der Waals surface area contributed by atoms with Crippen molar-refractivity contribution in [2.75, 3.05) is 40.3 Å². The minimum absolute atomic E-state index is 0.276. The molecule has 88 valence electrons. The Kier molecular flexibility index (Phi) is 5.05. The first-order valence-corrected chi connectivity index (χ1v) is 5.81. The van der Waals surface area contributed by atoms with Crippen LogP contribution in [0.3, 0.4) is 0 Å². The standard InChI is InChI=1S/C11H23N3O/c1-4-14(10-5-6-10)11(15)9-13(3)8-7-12-2/h10,12H,4-9H2,1-3H3. The number of nitrogens with one attached hydrogen (secondary N) is 1. The number of carbonyl (C=O) groups is 1. The summed E-state index contributed by atoms with van der Waals surface area (Å²) in [6.07, 6.45) is 2.39. The van der Waals surface area contributed by atoms with E-state index >= 15 is 0 Å². The van der Waals surface area contributed by atoms with Crippen LogP contribution in [0.25, 0.3) is 0 Å². The van der Waals surface area contributed by atoms with E-state index in [1.165, 1.54) is 12.8 Å². The maximum Gasteiger partial charge on any atom is 0.236 e. The van der Waals surface area contributed by atoms with Crippen molar-refractivity contribution in [1.82, 2.24) is 15.1 Å². The number of amides is 1. The molecule has 1 aliphatic carbocycles. The molecule has 0 aromatic heterocycles. The van der Waals surface area contributed by atoms with Gasteiger partial charge in [-0.2, -0.15) is 0 Å². The monoisotopic (exact) mass is 213 g/mol. The van der Waals surface area contributed by atoms with Crippen LogP contribution in [-0.4, -0.2) is 62.0 Å². The Labute approximate surface area is 92.6 Å². The smallest absolute Gasteiger partial charge is 0.236 e. The average molecular weight is 213 g/mol. The Balaban J connectivity index is 2.26. The van der Waals surface area contributed by atoms with Gasteiger partial charge in [0.1, 0.15) is 0 Å². The van der Waals surface area contributed by atoms with Crippen LogP contribution in [0.1, 0.15) is 19.8 Å². The minimum Gasteiger partial charge on any atom is -0.339 e. The first-order valence-electron chi connectivity index (χ1n) is 5.81. The summed E-state index contributed by atoms with van der Waals surface area (Å²) in [6.45, 7) is 5.31. The Bertz CT molecular complexity index is 204. The summed E-state index contributed by atoms with van der Waals surface area (Å²) in [5, 5.41) is 3.08. The maximum atomic E-state index is 11.9. The van der Waals surface area contributed by atoms with Crippen LogP contribution >= 0.6 is 0 Å². The highest BCUT2D eigenvalue weighted by atomic mass is 16.2. The van der Waals surface area contributed by atoms with E-state index in [4.69, 9.17) is 0 Å². The number of hydrogen-bond acceptors (Lipinski definition) is 3. The third kappa shape index (κ3) is 4.18. The third-order valence-electron chi connectivity index (χ3n) is 2.80. The van der Waals surface area contributed by atoms with E-state index in [1.54, 1.807) is 0 Å². The second-order valence-electron chi connectivity index (χ2n) is 4.25. The Morgan fingerprint density at radius 2 is 2.13 bits per heavy atom. The lowest BCUT2D eigenvalue weighted by Crippen LogP contribution is -2.41. The van der Waals surface area contributed by atoms with Crippen molar-refractivity contribution in [1.29, 1.82) is 0 Å². The van der Waals surface area contributed by atoms with Gasteiger partial charge in [-0.1, -0.05) is 0 Å². The highest BCUT2D eigenvalue weighted by Crippen LogP contribution is 2.26. The second-order valence-corrected chi connectivity index (χ2v) is 4.25. The van der Waals surface area contributed by atoms with Crippen molar-refractivity contribution < 1.29 is 4.79 Å². The van der Waals surface area contributed by atoms with Crippen LogP contribution in [0, 0.1) is 0 Å². The Morgan fingerprint density at radius 1 is 1.47 bits per heavy atom. The Morgan fingerprint density at radius 3 is 2.60 bits per heavy atom. The lowest BCUT2D eigenvalue weighted by atomic mass is 10.4. The fourth-order valence-electron chi connectivity index (χ4n) is 1.73. The molecule has 0 aromatic carbocycles. The van der Waals surface area contributed by atoms with Crippen molar-refractivity contribution >= 4 is 5.91 Å². The molecule has 0 saturated heterocycles. The molecule has 4 heteroatoms. The van der Waals surface area contributed by atoms with Gasteiger partial charge in [-0.25, -0.2) is 0 Å². The Hall–Kier alpha value is -0.610. The summed E-state index contributed by atoms with van der Waals surface area (Å²) in [7, 11) is 3.92. The van der Waals surface area contributed by atoms with E-state index in [2.05, 4.69) is 17.1 Å². The lowest BCUT2D eigenvalue weighted by molar-refractivity contribution is -0.132. The molecule has 4 nitrogen and oxygen atoms in total. The van der Waals surface area contributed by atoms with Crippen LogP contribution in [0.5, 0.6) is 0 Å². The van der Waals surface area contributed by atoms with Crippen LogP contribution in [0.15, 0.2) is 0 Å². The van der Waals surface area contributed by atoms with Gasteiger partial charge in [-0.15, -0.1) is 0 Å². The quantitative estimate of drug-likeness (QED) is 0.654. The fourth-order valence-corrected chi connectivity index (χ4v) is 1.73. The highest BCUT2D eigenvalue weighted by molar-refractivity contribution is 5.78. The molecule has 1 saturated carbocycles. The molecule has 1 amide bonds. The maximum absolute atomic E-state index is 11.9. The van der Waals surface area contributed by atoms with Gasteiger partial charge in [0.2, 0.25) is 5.91 Å².